The van der Waals surface area contributed by atoms with E-state index in [-0.39, 0.29) is 0 Å². The molecule has 0 unspecified atom stereocenters. The van der Waals surface area contributed by atoms with Crippen molar-refractivity contribution in [3.05, 3.63) is 212 Å². The highest BCUT2D eigenvalue weighted by Crippen LogP contribution is 2.10. The van der Waals surface area contributed by atoms with Gasteiger partial charge in [-0.25, -0.2) is 0 Å². The van der Waals surface area contributed by atoms with Crippen LogP contribution >= 0.6 is 0 Å². The zero-order valence-corrected chi connectivity index (χ0v) is 38.2. The van der Waals surface area contributed by atoms with Gasteiger partial charge in [0.2, 0.25) is 0 Å². The largest absolute Gasteiger partial charge is 0.0620 e. The molecule has 0 heterocycles. The van der Waals surface area contributed by atoms with Gasteiger partial charge in [0.25, 0.3) is 0 Å². The standard InChI is InChI=1S/3C10H14.3C9H12/c1-3-9-5-7-10(4-2)8-6-9;1-3-9-6-5-7-10(4-2)8-9;1-3-9-7-5-6-8-10(9)4-2;1-3-9-6-4-8(2)5-7-9;1-3-9-6-4-5-8(2)7-9;1-3-9-7-5-4-6-8(9)2/h3*5-8H,3-4H2,1-2H3;3*4-7H,3H2,1-2H3. The lowest BCUT2D eigenvalue weighted by Crippen LogP contribution is -1.88. The molecule has 0 bridgehead atoms. The first-order valence-corrected chi connectivity index (χ1v) is 22.0. The Morgan fingerprint density at radius 2 is 0.579 bits per heavy atom. The van der Waals surface area contributed by atoms with E-state index >= 15 is 0 Å². The highest BCUT2D eigenvalue weighted by atomic mass is 14.0. The van der Waals surface area contributed by atoms with Crippen LogP contribution in [0.5, 0.6) is 0 Å². The molecule has 0 saturated heterocycles. The second-order valence-electron chi connectivity index (χ2n) is 14.5. The molecule has 0 fully saturated rings. The highest BCUT2D eigenvalue weighted by molar-refractivity contribution is 5.28. The van der Waals surface area contributed by atoms with E-state index < -0.39 is 0 Å². The number of hydrogen-bond acceptors (Lipinski definition) is 0. The molecule has 57 heavy (non-hydrogen) atoms. The SMILES string of the molecule is CCc1ccc(C)cc1.CCc1ccc(CC)cc1.CCc1cccc(C)c1.CCc1cccc(CC)c1.CCc1ccccc1C.CCc1ccccc1CC. The molecule has 0 heteroatoms. The van der Waals surface area contributed by atoms with Crippen LogP contribution < -0.4 is 0 Å². The molecule has 6 rings (SSSR count). The Kier molecular flexibility index (Phi) is 27.7. The van der Waals surface area contributed by atoms with Crippen molar-refractivity contribution in [2.75, 3.05) is 0 Å². The molecule has 0 amide bonds. The van der Waals surface area contributed by atoms with Gasteiger partial charge in [-0.1, -0.05) is 219 Å². The van der Waals surface area contributed by atoms with Crippen LogP contribution in [0.4, 0.5) is 0 Å². The Morgan fingerprint density at radius 3 is 0.895 bits per heavy atom. The number of benzene rings is 6. The fourth-order valence-corrected chi connectivity index (χ4v) is 6.09. The first-order valence-electron chi connectivity index (χ1n) is 22.0. The first-order chi connectivity index (χ1) is 27.6. The van der Waals surface area contributed by atoms with E-state index in [4.69, 9.17) is 0 Å². The van der Waals surface area contributed by atoms with Gasteiger partial charge >= 0.3 is 0 Å². The fraction of sp³-hybridized carbons (Fsp3) is 0.368. The van der Waals surface area contributed by atoms with Gasteiger partial charge in [0, 0.05) is 0 Å². The third kappa shape index (κ3) is 22.0. The molecule has 0 saturated carbocycles. The van der Waals surface area contributed by atoms with Crippen molar-refractivity contribution in [2.24, 2.45) is 0 Å². The predicted octanol–water partition coefficient (Wildman–Crippen LogP) is 16.1. The summed E-state index contributed by atoms with van der Waals surface area (Å²) in [6.45, 7) is 26.1. The van der Waals surface area contributed by atoms with E-state index in [0.29, 0.717) is 0 Å². The van der Waals surface area contributed by atoms with Gasteiger partial charge < -0.3 is 0 Å². The van der Waals surface area contributed by atoms with Crippen LogP contribution in [0.1, 0.15) is 129 Å². The van der Waals surface area contributed by atoms with Crippen molar-refractivity contribution in [2.45, 2.75) is 141 Å². The predicted molar refractivity (Wildman–Crippen MR) is 257 cm³/mol. The van der Waals surface area contributed by atoms with Gasteiger partial charge in [-0.15, -0.1) is 0 Å². The molecular weight excluding hydrogens is 685 g/mol. The average molecular weight is 763 g/mol. The lowest BCUT2D eigenvalue weighted by atomic mass is 10.0. The lowest BCUT2D eigenvalue weighted by Gasteiger charge is -2.02. The summed E-state index contributed by atoms with van der Waals surface area (Å²) in [7, 11) is 0. The molecule has 0 spiro atoms. The van der Waals surface area contributed by atoms with Crippen molar-refractivity contribution in [1.29, 1.82) is 0 Å². The Labute approximate surface area is 351 Å². The molecule has 306 valence electrons. The van der Waals surface area contributed by atoms with Crippen LogP contribution in [0.15, 0.2) is 146 Å². The van der Waals surface area contributed by atoms with E-state index in [9.17, 15) is 0 Å². The van der Waals surface area contributed by atoms with Crippen molar-refractivity contribution in [3.63, 3.8) is 0 Å². The minimum Gasteiger partial charge on any atom is -0.0620 e. The van der Waals surface area contributed by atoms with Crippen molar-refractivity contribution < 1.29 is 0 Å². The molecule has 0 aliphatic heterocycles. The van der Waals surface area contributed by atoms with Crippen LogP contribution in [0.25, 0.3) is 0 Å². The summed E-state index contributed by atoms with van der Waals surface area (Å²) in [6.07, 6.45) is 10.3. The molecule has 6 aromatic carbocycles. The summed E-state index contributed by atoms with van der Waals surface area (Å²) in [4.78, 5) is 0. The molecule has 0 aromatic heterocycles. The van der Waals surface area contributed by atoms with E-state index in [1.165, 1.54) is 66.8 Å². The summed E-state index contributed by atoms with van der Waals surface area (Å²) in [5.41, 5.74) is 17.1. The molecule has 0 radical (unpaired) electrons. The van der Waals surface area contributed by atoms with Gasteiger partial charge in [-0.05, 0) is 134 Å². The maximum atomic E-state index is 2.28. The first kappa shape index (κ1) is 50.3. The zero-order chi connectivity index (χ0) is 42.3. The molecule has 6 aromatic rings. The third-order valence-electron chi connectivity index (χ3n) is 10.2. The molecule has 0 N–H and O–H groups in total. The van der Waals surface area contributed by atoms with E-state index in [0.717, 1.165) is 57.8 Å². The third-order valence-corrected chi connectivity index (χ3v) is 10.2. The quantitative estimate of drug-likeness (QED) is 0.138. The number of hydrogen-bond donors (Lipinski definition) is 0. The van der Waals surface area contributed by atoms with Gasteiger partial charge in [0.1, 0.15) is 0 Å². The smallest absolute Gasteiger partial charge is 0.0305 e. The van der Waals surface area contributed by atoms with Crippen LogP contribution in [-0.2, 0) is 57.8 Å². The van der Waals surface area contributed by atoms with E-state index in [1.54, 1.807) is 0 Å². The second kappa shape index (κ2) is 31.4. The molecular formula is C57H78. The van der Waals surface area contributed by atoms with Crippen LogP contribution in [-0.4, -0.2) is 0 Å². The van der Waals surface area contributed by atoms with Gasteiger partial charge in [-0.3, -0.25) is 0 Å². The summed E-state index contributed by atoms with van der Waals surface area (Å²) >= 11 is 0. The Hall–Kier alpha value is -4.68. The summed E-state index contributed by atoms with van der Waals surface area (Å²) < 4.78 is 0. The van der Waals surface area contributed by atoms with Crippen LogP contribution in [0.3, 0.4) is 0 Å². The summed E-state index contributed by atoms with van der Waals surface area (Å²) in [5, 5.41) is 0. The topological polar surface area (TPSA) is 0 Å². The minimum atomic E-state index is 1.14. The minimum absolute atomic E-state index is 1.14. The van der Waals surface area contributed by atoms with Gasteiger partial charge in [0.15, 0.2) is 0 Å². The van der Waals surface area contributed by atoms with Gasteiger partial charge in [-0.2, -0.15) is 0 Å². The molecule has 0 aliphatic rings. The Bertz CT molecular complexity index is 1790. The molecule has 0 atom stereocenters. The second-order valence-corrected chi connectivity index (χ2v) is 14.5. The molecule has 0 aliphatic carbocycles. The summed E-state index contributed by atoms with van der Waals surface area (Å²) in [5.74, 6) is 0. The zero-order valence-electron chi connectivity index (χ0n) is 38.2. The monoisotopic (exact) mass is 763 g/mol. The normalized spacial score (nSPS) is 9.68. The fourth-order valence-electron chi connectivity index (χ4n) is 6.09. The maximum absolute atomic E-state index is 2.28. The maximum Gasteiger partial charge on any atom is -0.0305 e. The van der Waals surface area contributed by atoms with E-state index in [1.807, 2.05) is 0 Å². The van der Waals surface area contributed by atoms with Crippen molar-refractivity contribution in [1.82, 2.24) is 0 Å². The van der Waals surface area contributed by atoms with Crippen molar-refractivity contribution in [3.8, 4) is 0 Å². The highest BCUT2D eigenvalue weighted by Gasteiger charge is 1.94. The lowest BCUT2D eigenvalue weighted by molar-refractivity contribution is 1.04. The Balaban J connectivity index is 0.000000342. The van der Waals surface area contributed by atoms with E-state index in [2.05, 4.69) is 229 Å². The molecule has 0 nitrogen and oxygen atoms in total. The number of rotatable bonds is 9. The average Bonchev–Trinajstić information content (AvgIpc) is 3.27. The number of aryl methyl sites for hydroxylation is 12. The van der Waals surface area contributed by atoms with Gasteiger partial charge in [0.05, 0.1) is 0 Å². The van der Waals surface area contributed by atoms with Crippen molar-refractivity contribution >= 4 is 0 Å². The summed E-state index contributed by atoms with van der Waals surface area (Å²) in [6, 6.07) is 52.0. The van der Waals surface area contributed by atoms with Crippen LogP contribution in [0.2, 0.25) is 0 Å². The van der Waals surface area contributed by atoms with Crippen LogP contribution in [0, 0.1) is 20.8 Å². The Morgan fingerprint density at radius 1 is 0.246 bits per heavy atom.